The van der Waals surface area contributed by atoms with Crippen LogP contribution >= 0.6 is 27.7 Å². The molecule has 2 aromatic carbocycles. The standard InChI is InChI=1S/C14H11BrF2OS/c15-10-5-3-4-9(14(10)17)12(18)8-19-13-7-2-1-6-11(13)16/h1-7,12,18H,8H2. The molecule has 1 atom stereocenters. The molecular formula is C14H11BrF2OS. The Morgan fingerprint density at radius 2 is 1.84 bits per heavy atom. The number of aliphatic hydroxyl groups is 1. The van der Waals surface area contributed by atoms with Gasteiger partial charge in [0.15, 0.2) is 0 Å². The van der Waals surface area contributed by atoms with Crippen LogP contribution in [-0.4, -0.2) is 10.9 Å². The van der Waals surface area contributed by atoms with E-state index in [1.807, 2.05) is 0 Å². The van der Waals surface area contributed by atoms with E-state index in [0.29, 0.717) is 9.37 Å². The summed E-state index contributed by atoms with van der Waals surface area (Å²) in [5, 5.41) is 9.97. The van der Waals surface area contributed by atoms with Crippen molar-refractivity contribution in [2.45, 2.75) is 11.0 Å². The van der Waals surface area contributed by atoms with Gasteiger partial charge in [-0.25, -0.2) is 8.78 Å². The van der Waals surface area contributed by atoms with E-state index in [-0.39, 0.29) is 17.1 Å². The van der Waals surface area contributed by atoms with E-state index in [1.165, 1.54) is 12.1 Å². The van der Waals surface area contributed by atoms with Crippen molar-refractivity contribution in [2.75, 3.05) is 5.75 Å². The van der Waals surface area contributed by atoms with Crippen LogP contribution in [0.5, 0.6) is 0 Å². The first-order valence-electron chi connectivity index (χ1n) is 5.59. The van der Waals surface area contributed by atoms with E-state index in [2.05, 4.69) is 15.9 Å². The summed E-state index contributed by atoms with van der Waals surface area (Å²) in [5.41, 5.74) is 0.207. The first kappa shape index (κ1) is 14.5. The van der Waals surface area contributed by atoms with Gasteiger partial charge in [0, 0.05) is 16.2 Å². The molecule has 0 aliphatic rings. The van der Waals surface area contributed by atoms with Gasteiger partial charge in [0.05, 0.1) is 10.6 Å². The van der Waals surface area contributed by atoms with Crippen molar-refractivity contribution in [1.29, 1.82) is 0 Å². The van der Waals surface area contributed by atoms with Crippen LogP contribution in [0.4, 0.5) is 8.78 Å². The molecule has 0 radical (unpaired) electrons. The Balaban J connectivity index is 2.08. The Hall–Kier alpha value is -0.910. The van der Waals surface area contributed by atoms with E-state index in [4.69, 9.17) is 0 Å². The van der Waals surface area contributed by atoms with Gasteiger partial charge in [-0.3, -0.25) is 0 Å². The molecule has 0 saturated carbocycles. The minimum atomic E-state index is -0.984. The van der Waals surface area contributed by atoms with Crippen molar-refractivity contribution >= 4 is 27.7 Å². The fourth-order valence-corrected chi connectivity index (χ4v) is 2.88. The molecular weight excluding hydrogens is 334 g/mol. The van der Waals surface area contributed by atoms with Gasteiger partial charge in [0.1, 0.15) is 11.6 Å². The highest BCUT2D eigenvalue weighted by Crippen LogP contribution is 2.29. The number of thioether (sulfide) groups is 1. The second kappa shape index (κ2) is 6.50. The van der Waals surface area contributed by atoms with Gasteiger partial charge < -0.3 is 5.11 Å². The SMILES string of the molecule is OC(CSc1ccccc1F)c1cccc(Br)c1F. The van der Waals surface area contributed by atoms with Crippen molar-refractivity contribution in [2.24, 2.45) is 0 Å². The summed E-state index contributed by atoms with van der Waals surface area (Å²) in [6.45, 7) is 0. The minimum Gasteiger partial charge on any atom is -0.387 e. The normalized spacial score (nSPS) is 12.4. The number of halogens is 3. The Labute approximate surface area is 122 Å². The fourth-order valence-electron chi connectivity index (χ4n) is 1.60. The van der Waals surface area contributed by atoms with E-state index in [9.17, 15) is 13.9 Å². The number of rotatable bonds is 4. The summed E-state index contributed by atoms with van der Waals surface area (Å²) in [4.78, 5) is 0.442. The van der Waals surface area contributed by atoms with Crippen molar-refractivity contribution in [1.82, 2.24) is 0 Å². The Bertz CT molecular complexity index is 577. The minimum absolute atomic E-state index is 0.189. The summed E-state index contributed by atoms with van der Waals surface area (Å²) in [6, 6.07) is 11.0. The maximum Gasteiger partial charge on any atom is 0.143 e. The highest BCUT2D eigenvalue weighted by Gasteiger charge is 2.15. The molecule has 19 heavy (non-hydrogen) atoms. The summed E-state index contributed by atoms with van der Waals surface area (Å²) in [6.07, 6.45) is -0.984. The summed E-state index contributed by atoms with van der Waals surface area (Å²) >= 11 is 4.23. The molecule has 0 aromatic heterocycles. The molecule has 0 aliphatic carbocycles. The van der Waals surface area contributed by atoms with Crippen LogP contribution in [0.2, 0.25) is 0 Å². The molecule has 0 aliphatic heterocycles. The molecule has 0 amide bonds. The van der Waals surface area contributed by atoms with Crippen molar-refractivity contribution < 1.29 is 13.9 Å². The van der Waals surface area contributed by atoms with Gasteiger partial charge in [0.25, 0.3) is 0 Å². The molecule has 2 rings (SSSR count). The molecule has 0 saturated heterocycles. The van der Waals surface area contributed by atoms with Crippen LogP contribution in [0.25, 0.3) is 0 Å². The van der Waals surface area contributed by atoms with Crippen LogP contribution in [0.1, 0.15) is 11.7 Å². The largest absolute Gasteiger partial charge is 0.387 e. The van der Waals surface area contributed by atoms with Crippen LogP contribution in [0, 0.1) is 11.6 Å². The Kier molecular flexibility index (Phi) is 4.96. The molecule has 1 N–H and O–H groups in total. The van der Waals surface area contributed by atoms with Crippen LogP contribution in [-0.2, 0) is 0 Å². The Morgan fingerprint density at radius 1 is 1.11 bits per heavy atom. The van der Waals surface area contributed by atoms with E-state index >= 15 is 0 Å². The zero-order valence-electron chi connectivity index (χ0n) is 9.82. The first-order valence-corrected chi connectivity index (χ1v) is 7.36. The monoisotopic (exact) mass is 344 g/mol. The second-order valence-corrected chi connectivity index (χ2v) is 5.82. The van der Waals surface area contributed by atoms with Crippen LogP contribution in [0.3, 0.4) is 0 Å². The fraction of sp³-hybridized carbons (Fsp3) is 0.143. The van der Waals surface area contributed by atoms with Gasteiger partial charge in [-0.15, -0.1) is 11.8 Å². The maximum atomic E-state index is 13.8. The highest BCUT2D eigenvalue weighted by atomic mass is 79.9. The summed E-state index contributed by atoms with van der Waals surface area (Å²) in [5.74, 6) is -0.632. The third-order valence-corrected chi connectivity index (χ3v) is 4.31. The second-order valence-electron chi connectivity index (χ2n) is 3.90. The van der Waals surface area contributed by atoms with Crippen molar-refractivity contribution in [3.63, 3.8) is 0 Å². The number of hydrogen-bond donors (Lipinski definition) is 1. The average Bonchev–Trinajstić information content (AvgIpc) is 2.40. The van der Waals surface area contributed by atoms with E-state index in [0.717, 1.165) is 11.8 Å². The van der Waals surface area contributed by atoms with Crippen molar-refractivity contribution in [3.8, 4) is 0 Å². The number of hydrogen-bond acceptors (Lipinski definition) is 2. The average molecular weight is 345 g/mol. The molecule has 1 nitrogen and oxygen atoms in total. The van der Waals surface area contributed by atoms with Gasteiger partial charge in [-0.05, 0) is 34.1 Å². The molecule has 0 spiro atoms. The quantitative estimate of drug-likeness (QED) is 0.821. The third-order valence-electron chi connectivity index (χ3n) is 2.57. The van der Waals surface area contributed by atoms with Gasteiger partial charge in [-0.2, -0.15) is 0 Å². The lowest BCUT2D eigenvalue weighted by molar-refractivity contribution is 0.198. The van der Waals surface area contributed by atoms with Crippen LogP contribution < -0.4 is 0 Å². The topological polar surface area (TPSA) is 20.2 Å². The lowest BCUT2D eigenvalue weighted by Crippen LogP contribution is -2.04. The lowest BCUT2D eigenvalue weighted by Gasteiger charge is -2.12. The molecule has 100 valence electrons. The smallest absolute Gasteiger partial charge is 0.143 e. The molecule has 0 bridgehead atoms. The van der Waals surface area contributed by atoms with Gasteiger partial charge >= 0.3 is 0 Å². The predicted molar refractivity (Wildman–Crippen MR) is 76.2 cm³/mol. The van der Waals surface area contributed by atoms with Crippen LogP contribution in [0.15, 0.2) is 51.8 Å². The molecule has 0 heterocycles. The van der Waals surface area contributed by atoms with E-state index in [1.54, 1.807) is 30.3 Å². The zero-order valence-corrected chi connectivity index (χ0v) is 12.2. The van der Waals surface area contributed by atoms with E-state index < -0.39 is 11.9 Å². The zero-order chi connectivity index (χ0) is 13.8. The maximum absolute atomic E-state index is 13.8. The highest BCUT2D eigenvalue weighted by molar-refractivity contribution is 9.10. The third kappa shape index (κ3) is 3.55. The number of aliphatic hydroxyl groups excluding tert-OH is 1. The lowest BCUT2D eigenvalue weighted by atomic mass is 10.1. The molecule has 2 aromatic rings. The first-order chi connectivity index (χ1) is 9.09. The van der Waals surface area contributed by atoms with Crippen molar-refractivity contribution in [3.05, 3.63) is 64.1 Å². The number of benzene rings is 2. The van der Waals surface area contributed by atoms with Gasteiger partial charge in [-0.1, -0.05) is 24.3 Å². The molecule has 0 fully saturated rings. The van der Waals surface area contributed by atoms with Gasteiger partial charge in [0.2, 0.25) is 0 Å². The summed E-state index contributed by atoms with van der Waals surface area (Å²) in [7, 11) is 0. The predicted octanol–water partition coefficient (Wildman–Crippen LogP) is 4.55. The summed E-state index contributed by atoms with van der Waals surface area (Å²) < 4.78 is 27.5. The molecule has 1 unspecified atom stereocenters. The Morgan fingerprint density at radius 3 is 2.58 bits per heavy atom. The molecule has 5 heteroatoms.